The van der Waals surface area contributed by atoms with Crippen LogP contribution >= 0.6 is 0 Å². The molecular formula is C14H25N3O2. The van der Waals surface area contributed by atoms with Gasteiger partial charge < -0.3 is 10.2 Å². The van der Waals surface area contributed by atoms with Crippen LogP contribution in [0.4, 0.5) is 4.79 Å². The van der Waals surface area contributed by atoms with E-state index >= 15 is 0 Å². The van der Waals surface area contributed by atoms with Gasteiger partial charge in [-0.25, -0.2) is 4.79 Å². The lowest BCUT2D eigenvalue weighted by molar-refractivity contribution is -0.125. The maximum absolute atomic E-state index is 11.9. The molecule has 2 heterocycles. The largest absolute Gasteiger partial charge is 0.323 e. The predicted octanol–water partition coefficient (Wildman–Crippen LogP) is 1.34. The van der Waals surface area contributed by atoms with E-state index in [9.17, 15) is 9.59 Å². The molecule has 19 heavy (non-hydrogen) atoms. The van der Waals surface area contributed by atoms with Crippen LogP contribution in [-0.2, 0) is 4.79 Å². The Bertz CT molecular complexity index is 364. The minimum absolute atomic E-state index is 0.169. The Morgan fingerprint density at radius 1 is 1.37 bits per heavy atom. The second-order valence-electron chi connectivity index (χ2n) is 6.20. The molecule has 0 aromatic heterocycles. The molecule has 0 bridgehead atoms. The molecule has 0 spiro atoms. The van der Waals surface area contributed by atoms with Crippen molar-refractivity contribution >= 4 is 11.9 Å². The Kier molecular flexibility index (Phi) is 4.13. The predicted molar refractivity (Wildman–Crippen MR) is 73.7 cm³/mol. The van der Waals surface area contributed by atoms with Crippen LogP contribution in [0.1, 0.15) is 40.0 Å². The number of likely N-dealkylation sites (tertiary alicyclic amines) is 1. The summed E-state index contributed by atoms with van der Waals surface area (Å²) < 4.78 is 0. The van der Waals surface area contributed by atoms with E-state index in [1.807, 2.05) is 6.92 Å². The Hall–Kier alpha value is -1.10. The zero-order chi connectivity index (χ0) is 14.0. The number of piperidine rings is 1. The fourth-order valence-corrected chi connectivity index (χ4v) is 3.11. The summed E-state index contributed by atoms with van der Waals surface area (Å²) in [6, 6.07) is -0.352. The van der Waals surface area contributed by atoms with Gasteiger partial charge in [0, 0.05) is 6.54 Å². The van der Waals surface area contributed by atoms with Crippen molar-refractivity contribution in [1.29, 1.82) is 0 Å². The lowest BCUT2D eigenvalue weighted by atomic mass is 9.79. The maximum atomic E-state index is 11.9. The van der Waals surface area contributed by atoms with Crippen LogP contribution in [0.3, 0.4) is 0 Å². The molecule has 0 saturated carbocycles. The Morgan fingerprint density at radius 3 is 2.47 bits per heavy atom. The summed E-state index contributed by atoms with van der Waals surface area (Å²) in [4.78, 5) is 25.7. The monoisotopic (exact) mass is 267 g/mol. The molecule has 5 heteroatoms. The lowest BCUT2D eigenvalue weighted by Crippen LogP contribution is -2.54. The Morgan fingerprint density at radius 2 is 2.00 bits per heavy atom. The van der Waals surface area contributed by atoms with Crippen molar-refractivity contribution in [3.05, 3.63) is 0 Å². The summed E-state index contributed by atoms with van der Waals surface area (Å²) >= 11 is 0. The first-order valence-corrected chi connectivity index (χ1v) is 7.31. The molecule has 0 aromatic carbocycles. The molecule has 0 aromatic rings. The van der Waals surface area contributed by atoms with Gasteiger partial charge in [0.15, 0.2) is 0 Å². The van der Waals surface area contributed by atoms with E-state index in [1.54, 1.807) is 0 Å². The van der Waals surface area contributed by atoms with Crippen molar-refractivity contribution in [2.75, 3.05) is 19.6 Å². The summed E-state index contributed by atoms with van der Waals surface area (Å²) in [7, 11) is 0. The minimum atomic E-state index is -0.709. The van der Waals surface area contributed by atoms with Crippen molar-refractivity contribution in [2.24, 2.45) is 11.8 Å². The number of amides is 3. The van der Waals surface area contributed by atoms with E-state index in [0.29, 0.717) is 0 Å². The lowest BCUT2D eigenvalue weighted by Gasteiger charge is -2.39. The molecule has 0 aliphatic carbocycles. The summed E-state index contributed by atoms with van der Waals surface area (Å²) in [6.45, 7) is 9.52. The fourth-order valence-electron chi connectivity index (χ4n) is 3.11. The fraction of sp³-hybridized carbons (Fsp3) is 0.857. The third-order valence-corrected chi connectivity index (χ3v) is 4.74. The molecule has 2 rings (SSSR count). The molecular weight excluding hydrogens is 242 g/mol. The van der Waals surface area contributed by atoms with Gasteiger partial charge in [0.2, 0.25) is 0 Å². The average Bonchev–Trinajstić information content (AvgIpc) is 2.64. The van der Waals surface area contributed by atoms with Gasteiger partial charge in [0.1, 0.15) is 5.54 Å². The van der Waals surface area contributed by atoms with E-state index in [-0.39, 0.29) is 17.9 Å². The third kappa shape index (κ3) is 2.91. The Labute approximate surface area is 115 Å². The van der Waals surface area contributed by atoms with Gasteiger partial charge in [-0.05, 0) is 44.7 Å². The van der Waals surface area contributed by atoms with E-state index < -0.39 is 5.54 Å². The molecule has 2 aliphatic heterocycles. The van der Waals surface area contributed by atoms with Crippen molar-refractivity contribution in [3.8, 4) is 0 Å². The van der Waals surface area contributed by atoms with Gasteiger partial charge in [-0.2, -0.15) is 0 Å². The first kappa shape index (κ1) is 14.3. The Balaban J connectivity index is 1.89. The van der Waals surface area contributed by atoms with Crippen LogP contribution in [0.15, 0.2) is 0 Å². The first-order valence-electron chi connectivity index (χ1n) is 7.31. The molecule has 2 fully saturated rings. The van der Waals surface area contributed by atoms with Crippen molar-refractivity contribution in [1.82, 2.24) is 15.5 Å². The minimum Gasteiger partial charge on any atom is -0.323 e. The summed E-state index contributed by atoms with van der Waals surface area (Å²) in [5.41, 5.74) is -0.709. The van der Waals surface area contributed by atoms with Crippen LogP contribution in [0.5, 0.6) is 0 Å². The van der Waals surface area contributed by atoms with Gasteiger partial charge in [-0.15, -0.1) is 0 Å². The molecule has 0 unspecified atom stereocenters. The average molecular weight is 267 g/mol. The highest BCUT2D eigenvalue weighted by atomic mass is 16.2. The van der Waals surface area contributed by atoms with Crippen molar-refractivity contribution in [2.45, 2.75) is 45.6 Å². The normalized spacial score (nSPS) is 31.1. The molecule has 2 saturated heterocycles. The molecule has 0 radical (unpaired) electrons. The van der Waals surface area contributed by atoms with E-state index in [2.05, 4.69) is 29.4 Å². The van der Waals surface area contributed by atoms with Crippen LogP contribution < -0.4 is 10.6 Å². The van der Waals surface area contributed by atoms with Crippen LogP contribution in [0.2, 0.25) is 0 Å². The number of carbonyl (C=O) groups excluding carboxylic acids is 2. The van der Waals surface area contributed by atoms with Gasteiger partial charge in [-0.1, -0.05) is 20.3 Å². The second-order valence-corrected chi connectivity index (χ2v) is 6.20. The topological polar surface area (TPSA) is 61.4 Å². The molecule has 2 aliphatic rings. The van der Waals surface area contributed by atoms with Crippen LogP contribution in [0.25, 0.3) is 0 Å². The molecule has 5 nitrogen and oxygen atoms in total. The number of imide groups is 1. The summed E-state index contributed by atoms with van der Waals surface area (Å²) in [5, 5.41) is 5.15. The second kappa shape index (κ2) is 5.49. The summed E-state index contributed by atoms with van der Waals surface area (Å²) in [5.74, 6) is 0.798. The van der Waals surface area contributed by atoms with Gasteiger partial charge >= 0.3 is 6.03 Å². The highest BCUT2D eigenvalue weighted by Crippen LogP contribution is 2.30. The van der Waals surface area contributed by atoms with E-state index in [0.717, 1.165) is 38.4 Å². The first-order chi connectivity index (χ1) is 8.95. The zero-order valence-electron chi connectivity index (χ0n) is 12.2. The number of rotatable bonds is 4. The number of urea groups is 1. The van der Waals surface area contributed by atoms with Crippen molar-refractivity contribution in [3.63, 3.8) is 0 Å². The quantitative estimate of drug-likeness (QED) is 0.756. The van der Waals surface area contributed by atoms with Crippen LogP contribution in [-0.4, -0.2) is 42.0 Å². The number of hydrogen-bond acceptors (Lipinski definition) is 3. The highest BCUT2D eigenvalue weighted by Gasteiger charge is 2.48. The third-order valence-electron chi connectivity index (χ3n) is 4.74. The van der Waals surface area contributed by atoms with E-state index in [4.69, 9.17) is 0 Å². The zero-order valence-corrected chi connectivity index (χ0v) is 12.2. The van der Waals surface area contributed by atoms with Gasteiger partial charge in [0.25, 0.3) is 5.91 Å². The van der Waals surface area contributed by atoms with Crippen molar-refractivity contribution < 1.29 is 9.59 Å². The number of nitrogens with one attached hydrogen (secondary N) is 2. The smallest absolute Gasteiger partial charge is 0.322 e. The standard InChI is InChI=1S/C14H25N3O2/c1-4-10(2)9-17-7-5-11(6-8-17)14(3)12(18)15-13(19)16-14/h10-11H,4-9H2,1-3H3,(H2,15,16,18,19)/t10-,14-/m0/s1. The van der Waals surface area contributed by atoms with E-state index in [1.165, 1.54) is 6.42 Å². The molecule has 2 atom stereocenters. The molecule has 3 amide bonds. The number of carbonyl (C=O) groups is 2. The van der Waals surface area contributed by atoms with Gasteiger partial charge in [0.05, 0.1) is 0 Å². The SMILES string of the molecule is CC[C@H](C)CN1CCC([C@]2(C)NC(=O)NC2=O)CC1. The maximum Gasteiger partial charge on any atom is 0.322 e. The highest BCUT2D eigenvalue weighted by molar-refractivity contribution is 6.06. The number of hydrogen-bond donors (Lipinski definition) is 2. The molecule has 2 N–H and O–H groups in total. The number of nitrogens with zero attached hydrogens (tertiary/aromatic N) is 1. The van der Waals surface area contributed by atoms with Crippen LogP contribution in [0, 0.1) is 11.8 Å². The van der Waals surface area contributed by atoms with Gasteiger partial charge in [-0.3, -0.25) is 10.1 Å². The summed E-state index contributed by atoms with van der Waals surface area (Å²) in [6.07, 6.45) is 3.15. The molecule has 108 valence electrons.